The Morgan fingerprint density at radius 2 is 2.05 bits per heavy atom. The average molecular weight is 336 g/mol. The van der Waals surface area contributed by atoms with Crippen molar-refractivity contribution in [3.8, 4) is 0 Å². The maximum absolute atomic E-state index is 12.0. The number of hydrogen-bond donors (Lipinski definition) is 2. The van der Waals surface area contributed by atoms with Crippen molar-refractivity contribution in [2.45, 2.75) is 13.3 Å². The molecule has 2 N–H and O–H groups in total. The third-order valence-electron chi connectivity index (χ3n) is 2.44. The van der Waals surface area contributed by atoms with Gasteiger partial charge in [-0.1, -0.05) is 6.92 Å². The first kappa shape index (κ1) is 14.4. The zero-order valence-corrected chi connectivity index (χ0v) is 12.5. The molecular weight excluding hydrogens is 322 g/mol. The summed E-state index contributed by atoms with van der Waals surface area (Å²) in [5, 5.41) is 5.83. The second-order valence-corrected chi connectivity index (χ2v) is 4.85. The number of nitrogens with one attached hydrogen (secondary N) is 2. The highest BCUT2D eigenvalue weighted by Crippen LogP contribution is 2.09. The van der Waals surface area contributed by atoms with Gasteiger partial charge >= 0.3 is 0 Å². The molecule has 0 saturated carbocycles. The molecule has 0 aliphatic carbocycles. The lowest BCUT2D eigenvalue weighted by atomic mass is 10.3. The Hall–Kier alpha value is -2.02. The summed E-state index contributed by atoms with van der Waals surface area (Å²) in [6.45, 7) is 2.96. The van der Waals surface area contributed by atoms with Crippen LogP contribution in [0.2, 0.25) is 0 Å². The molecule has 0 unspecified atom stereocenters. The summed E-state index contributed by atoms with van der Waals surface area (Å²) in [7, 11) is 0. The van der Waals surface area contributed by atoms with E-state index in [2.05, 4.69) is 48.4 Å². The van der Waals surface area contributed by atoms with Crippen LogP contribution in [0.4, 0.5) is 11.5 Å². The van der Waals surface area contributed by atoms with Crippen molar-refractivity contribution >= 4 is 33.3 Å². The van der Waals surface area contributed by atoms with Crippen LogP contribution in [-0.2, 0) is 0 Å². The van der Waals surface area contributed by atoms with Gasteiger partial charge < -0.3 is 10.6 Å². The smallest absolute Gasteiger partial charge is 0.275 e. The van der Waals surface area contributed by atoms with Gasteiger partial charge in [-0.2, -0.15) is 0 Å². The van der Waals surface area contributed by atoms with E-state index in [-0.39, 0.29) is 5.91 Å². The fourth-order valence-electron chi connectivity index (χ4n) is 1.46. The first-order chi connectivity index (χ1) is 9.69. The van der Waals surface area contributed by atoms with Gasteiger partial charge in [-0.25, -0.2) is 15.0 Å². The Labute approximate surface area is 125 Å². The van der Waals surface area contributed by atoms with Crippen molar-refractivity contribution < 1.29 is 4.79 Å². The van der Waals surface area contributed by atoms with Crippen LogP contribution in [-0.4, -0.2) is 27.4 Å². The van der Waals surface area contributed by atoms with Gasteiger partial charge in [0.25, 0.3) is 5.91 Å². The summed E-state index contributed by atoms with van der Waals surface area (Å²) >= 11 is 3.18. The van der Waals surface area contributed by atoms with Gasteiger partial charge in [-0.15, -0.1) is 0 Å². The topological polar surface area (TPSA) is 79.8 Å². The Balaban J connectivity index is 2.00. The molecule has 0 radical (unpaired) electrons. The SMILES string of the molecule is CCCNc1ccc(C(=O)Nc2cnc(Br)cn2)nc1. The van der Waals surface area contributed by atoms with Crippen LogP contribution in [0.1, 0.15) is 23.8 Å². The van der Waals surface area contributed by atoms with E-state index >= 15 is 0 Å². The summed E-state index contributed by atoms with van der Waals surface area (Å²) in [4.78, 5) is 24.1. The number of halogens is 1. The van der Waals surface area contributed by atoms with Gasteiger partial charge in [0.2, 0.25) is 0 Å². The molecule has 20 heavy (non-hydrogen) atoms. The van der Waals surface area contributed by atoms with Crippen LogP contribution in [0.15, 0.2) is 35.3 Å². The Morgan fingerprint density at radius 1 is 1.20 bits per heavy atom. The highest BCUT2D eigenvalue weighted by Gasteiger charge is 2.08. The fraction of sp³-hybridized carbons (Fsp3) is 0.231. The maximum atomic E-state index is 12.0. The molecule has 6 nitrogen and oxygen atoms in total. The van der Waals surface area contributed by atoms with Crippen molar-refractivity contribution in [3.63, 3.8) is 0 Å². The van der Waals surface area contributed by atoms with E-state index in [0.717, 1.165) is 18.7 Å². The van der Waals surface area contributed by atoms with E-state index in [1.165, 1.54) is 12.4 Å². The number of nitrogens with zero attached hydrogens (tertiary/aromatic N) is 3. The lowest BCUT2D eigenvalue weighted by Crippen LogP contribution is -2.14. The highest BCUT2D eigenvalue weighted by molar-refractivity contribution is 9.10. The molecule has 0 aliphatic heterocycles. The monoisotopic (exact) mass is 335 g/mol. The molecular formula is C13H14BrN5O. The van der Waals surface area contributed by atoms with Crippen LogP contribution < -0.4 is 10.6 Å². The predicted octanol–water partition coefficient (Wildman–Crippen LogP) is 2.71. The molecule has 2 aromatic heterocycles. The molecule has 0 spiro atoms. The lowest BCUT2D eigenvalue weighted by molar-refractivity contribution is 0.102. The van der Waals surface area contributed by atoms with E-state index in [1.54, 1.807) is 12.3 Å². The van der Waals surface area contributed by atoms with E-state index < -0.39 is 0 Å². The standard InChI is InChI=1S/C13H14BrN5O/c1-2-5-15-9-3-4-10(16-6-9)13(20)19-12-8-17-11(14)7-18-12/h3-4,6-8,15H,2,5H2,1H3,(H,18,19,20). The molecule has 0 bridgehead atoms. The minimum absolute atomic E-state index is 0.316. The second kappa shape index (κ2) is 6.95. The Kier molecular flexibility index (Phi) is 5.00. The van der Waals surface area contributed by atoms with Gasteiger partial charge in [0.05, 0.1) is 24.3 Å². The molecule has 0 saturated heterocycles. The van der Waals surface area contributed by atoms with Crippen molar-refractivity contribution in [1.82, 2.24) is 15.0 Å². The minimum Gasteiger partial charge on any atom is -0.384 e. The summed E-state index contributed by atoms with van der Waals surface area (Å²) in [5.74, 6) is 0.0665. The van der Waals surface area contributed by atoms with E-state index in [0.29, 0.717) is 16.1 Å². The molecule has 0 atom stereocenters. The van der Waals surface area contributed by atoms with Crippen LogP contribution in [0.5, 0.6) is 0 Å². The molecule has 1 amide bonds. The highest BCUT2D eigenvalue weighted by atomic mass is 79.9. The van der Waals surface area contributed by atoms with Crippen LogP contribution >= 0.6 is 15.9 Å². The Morgan fingerprint density at radius 3 is 2.65 bits per heavy atom. The molecule has 0 aliphatic rings. The van der Waals surface area contributed by atoms with Crippen molar-refractivity contribution in [2.24, 2.45) is 0 Å². The number of aromatic nitrogens is 3. The number of hydrogen-bond acceptors (Lipinski definition) is 5. The van der Waals surface area contributed by atoms with Gasteiger partial charge in [0, 0.05) is 6.54 Å². The van der Waals surface area contributed by atoms with Crippen LogP contribution in [0.3, 0.4) is 0 Å². The van der Waals surface area contributed by atoms with Gasteiger partial charge in [0.1, 0.15) is 10.3 Å². The van der Waals surface area contributed by atoms with Crippen LogP contribution in [0, 0.1) is 0 Å². The second-order valence-electron chi connectivity index (χ2n) is 4.04. The van der Waals surface area contributed by atoms with E-state index in [1.807, 2.05) is 6.07 Å². The number of rotatable bonds is 5. The number of amides is 1. The molecule has 0 aromatic carbocycles. The van der Waals surface area contributed by atoms with E-state index in [4.69, 9.17) is 0 Å². The number of carbonyl (C=O) groups is 1. The lowest BCUT2D eigenvalue weighted by Gasteiger charge is -2.06. The summed E-state index contributed by atoms with van der Waals surface area (Å²) < 4.78 is 0.611. The summed E-state index contributed by atoms with van der Waals surface area (Å²) in [6, 6.07) is 3.49. The fourth-order valence-corrected chi connectivity index (χ4v) is 1.66. The first-order valence-electron chi connectivity index (χ1n) is 6.18. The van der Waals surface area contributed by atoms with Crippen molar-refractivity contribution in [2.75, 3.05) is 17.2 Å². The van der Waals surface area contributed by atoms with Gasteiger partial charge in [0.15, 0.2) is 5.82 Å². The van der Waals surface area contributed by atoms with Crippen molar-refractivity contribution in [1.29, 1.82) is 0 Å². The molecule has 2 aromatic rings. The maximum Gasteiger partial charge on any atom is 0.275 e. The largest absolute Gasteiger partial charge is 0.384 e. The number of carbonyl (C=O) groups excluding carboxylic acids is 1. The van der Waals surface area contributed by atoms with E-state index in [9.17, 15) is 4.79 Å². The first-order valence-corrected chi connectivity index (χ1v) is 6.97. The minimum atomic E-state index is -0.316. The molecule has 0 fully saturated rings. The average Bonchev–Trinajstić information content (AvgIpc) is 2.48. The molecule has 2 rings (SSSR count). The predicted molar refractivity (Wildman–Crippen MR) is 80.7 cm³/mol. The van der Waals surface area contributed by atoms with Crippen molar-refractivity contribution in [3.05, 3.63) is 41.0 Å². The molecule has 104 valence electrons. The normalized spacial score (nSPS) is 10.1. The number of pyridine rings is 1. The van der Waals surface area contributed by atoms with Gasteiger partial charge in [-0.3, -0.25) is 4.79 Å². The van der Waals surface area contributed by atoms with Crippen LogP contribution in [0.25, 0.3) is 0 Å². The third-order valence-corrected chi connectivity index (χ3v) is 2.85. The third kappa shape index (κ3) is 3.99. The Bertz CT molecular complexity index is 570. The summed E-state index contributed by atoms with van der Waals surface area (Å²) in [6.07, 6.45) is 5.66. The number of anilines is 2. The zero-order valence-electron chi connectivity index (χ0n) is 10.9. The quantitative estimate of drug-likeness (QED) is 0.878. The van der Waals surface area contributed by atoms with Gasteiger partial charge in [-0.05, 0) is 34.5 Å². The zero-order chi connectivity index (χ0) is 14.4. The molecule has 2 heterocycles. The summed E-state index contributed by atoms with van der Waals surface area (Å²) in [5.41, 5.74) is 1.23. The molecule has 7 heteroatoms.